The quantitative estimate of drug-likeness (QED) is 0.607. The summed E-state index contributed by atoms with van der Waals surface area (Å²) in [5.41, 5.74) is 1.06. The van der Waals surface area contributed by atoms with Gasteiger partial charge in [0.2, 0.25) is 0 Å². The Balaban J connectivity index is 1.33. The summed E-state index contributed by atoms with van der Waals surface area (Å²) < 4.78 is 0. The van der Waals surface area contributed by atoms with Crippen LogP contribution in [0.5, 0.6) is 5.75 Å². The van der Waals surface area contributed by atoms with Crippen molar-refractivity contribution >= 4 is 11.8 Å². The molecule has 36 heavy (non-hydrogen) atoms. The molecule has 3 aliphatic rings. The van der Waals surface area contributed by atoms with Gasteiger partial charge in [-0.1, -0.05) is 36.8 Å². The third kappa shape index (κ3) is 4.59. The molecule has 0 bridgehead atoms. The molecular weight excluding hydrogens is 454 g/mol. The average Bonchev–Trinajstić information content (AvgIpc) is 3.08. The van der Waals surface area contributed by atoms with Crippen molar-refractivity contribution in [2.45, 2.75) is 62.4 Å². The monoisotopic (exact) mass is 491 g/mol. The van der Waals surface area contributed by atoms with Crippen molar-refractivity contribution in [3.05, 3.63) is 54.1 Å². The van der Waals surface area contributed by atoms with Gasteiger partial charge < -0.3 is 14.9 Å². The number of hydrogen-bond acceptors (Lipinski definition) is 6. The van der Waals surface area contributed by atoms with E-state index in [4.69, 9.17) is 0 Å². The molecule has 2 aliphatic carbocycles. The number of benzene rings is 1. The summed E-state index contributed by atoms with van der Waals surface area (Å²) in [6.45, 7) is 1.47. The summed E-state index contributed by atoms with van der Waals surface area (Å²) >= 11 is 0. The number of nitrogens with zero attached hydrogens (tertiary/aromatic N) is 5. The summed E-state index contributed by atoms with van der Waals surface area (Å²) in [7, 11) is 4.32. The van der Waals surface area contributed by atoms with Gasteiger partial charge in [0.25, 0.3) is 0 Å². The molecule has 1 saturated heterocycles. The van der Waals surface area contributed by atoms with E-state index < -0.39 is 0 Å². The third-order valence-electron chi connectivity index (χ3n) is 8.81. The largest absolute Gasteiger partial charge is 0.505 e. The van der Waals surface area contributed by atoms with Gasteiger partial charge in [-0.05, 0) is 64.1 Å². The number of ketones is 1. The molecule has 8 heteroatoms. The highest BCUT2D eigenvalue weighted by molar-refractivity contribution is 5.88. The van der Waals surface area contributed by atoms with E-state index in [0.717, 1.165) is 32.2 Å². The number of hydrogen-bond donors (Lipinski definition) is 1. The first-order valence-corrected chi connectivity index (χ1v) is 13.1. The van der Waals surface area contributed by atoms with Crippen LogP contribution in [0.4, 0.5) is 4.79 Å². The Hall–Kier alpha value is -3.00. The van der Waals surface area contributed by atoms with Gasteiger partial charge in [0.1, 0.15) is 5.82 Å². The van der Waals surface area contributed by atoms with Gasteiger partial charge in [0.05, 0.1) is 30.9 Å². The van der Waals surface area contributed by atoms with Crippen LogP contribution >= 0.6 is 0 Å². The SMILES string of the molecule is CN(C)C1(c2ccccc2)CCC2(CC1)CN(CC(=O)Cc1ncc(O)cn1)C(=O)N2CC1CCC1. The standard InChI is InChI=1S/C28H37N5O3/c1-31(2)28(22-9-4-3-5-10-22)13-11-27(12-14-28)20-32(26(36)33(27)18-21-7-6-8-21)19-23(34)15-25-29-16-24(35)17-30-25/h3-5,9-10,16-17,21,35H,6-8,11-15,18-20H2,1-2H3. The Kier molecular flexibility index (Phi) is 6.72. The minimum Gasteiger partial charge on any atom is -0.505 e. The Morgan fingerprint density at radius 3 is 2.33 bits per heavy atom. The van der Waals surface area contributed by atoms with Gasteiger partial charge in [-0.3, -0.25) is 9.69 Å². The Bertz CT molecular complexity index is 1080. The fourth-order valence-electron chi connectivity index (χ4n) is 6.39. The van der Waals surface area contributed by atoms with Gasteiger partial charge in [0.15, 0.2) is 11.5 Å². The van der Waals surface area contributed by atoms with E-state index in [1.807, 2.05) is 0 Å². The molecule has 192 valence electrons. The van der Waals surface area contributed by atoms with Crippen LogP contribution in [0.1, 0.15) is 56.3 Å². The smallest absolute Gasteiger partial charge is 0.321 e. The van der Waals surface area contributed by atoms with Crippen LogP contribution in [0.25, 0.3) is 0 Å². The number of aromatic nitrogens is 2. The minimum absolute atomic E-state index is 0.000983. The van der Waals surface area contributed by atoms with Gasteiger partial charge in [-0.15, -0.1) is 0 Å². The van der Waals surface area contributed by atoms with E-state index in [0.29, 0.717) is 18.3 Å². The van der Waals surface area contributed by atoms with Crippen LogP contribution in [0.3, 0.4) is 0 Å². The maximum atomic E-state index is 13.7. The maximum absolute atomic E-state index is 13.7. The molecule has 1 aromatic heterocycles. The molecule has 1 aliphatic heterocycles. The van der Waals surface area contributed by atoms with E-state index in [1.54, 1.807) is 4.90 Å². The van der Waals surface area contributed by atoms with E-state index in [9.17, 15) is 14.7 Å². The van der Waals surface area contributed by atoms with E-state index in [1.165, 1.54) is 37.2 Å². The topological polar surface area (TPSA) is 89.9 Å². The maximum Gasteiger partial charge on any atom is 0.321 e. The molecule has 3 fully saturated rings. The number of amides is 2. The molecule has 0 unspecified atom stereocenters. The second kappa shape index (κ2) is 9.81. The molecule has 2 amide bonds. The van der Waals surface area contributed by atoms with Crippen molar-refractivity contribution in [2.75, 3.05) is 33.7 Å². The first-order chi connectivity index (χ1) is 17.3. The van der Waals surface area contributed by atoms with Crippen LogP contribution in [-0.4, -0.2) is 80.9 Å². The van der Waals surface area contributed by atoms with Crippen molar-refractivity contribution in [3.8, 4) is 5.75 Å². The van der Waals surface area contributed by atoms with Crippen LogP contribution in [0, 0.1) is 5.92 Å². The summed E-state index contributed by atoms with van der Waals surface area (Å²) in [4.78, 5) is 40.9. The van der Waals surface area contributed by atoms with Gasteiger partial charge in [-0.25, -0.2) is 14.8 Å². The molecule has 0 atom stereocenters. The molecule has 5 rings (SSSR count). The second-order valence-electron chi connectivity index (χ2n) is 11.1. The van der Waals surface area contributed by atoms with Crippen molar-refractivity contribution in [2.24, 2.45) is 5.92 Å². The fraction of sp³-hybridized carbons (Fsp3) is 0.571. The molecule has 8 nitrogen and oxygen atoms in total. The zero-order valence-electron chi connectivity index (χ0n) is 21.4. The summed E-state index contributed by atoms with van der Waals surface area (Å²) in [5.74, 6) is 0.817. The van der Waals surface area contributed by atoms with Crippen molar-refractivity contribution in [1.29, 1.82) is 0 Å². The predicted molar refractivity (Wildman–Crippen MR) is 136 cm³/mol. The number of urea groups is 1. The van der Waals surface area contributed by atoms with Gasteiger partial charge in [-0.2, -0.15) is 0 Å². The molecule has 2 aromatic rings. The zero-order chi connectivity index (χ0) is 25.3. The molecule has 1 aromatic carbocycles. The number of aromatic hydroxyl groups is 1. The zero-order valence-corrected chi connectivity index (χ0v) is 21.4. The lowest BCUT2D eigenvalue weighted by molar-refractivity contribution is -0.119. The van der Waals surface area contributed by atoms with E-state index in [-0.39, 0.29) is 41.6 Å². The Morgan fingerprint density at radius 2 is 1.75 bits per heavy atom. The predicted octanol–water partition coefficient (Wildman–Crippen LogP) is 3.60. The van der Waals surface area contributed by atoms with Crippen LogP contribution in [0.2, 0.25) is 0 Å². The van der Waals surface area contributed by atoms with Crippen LogP contribution in [-0.2, 0) is 16.8 Å². The number of rotatable bonds is 8. The fourth-order valence-corrected chi connectivity index (χ4v) is 6.39. The molecule has 1 N–H and O–H groups in total. The normalized spacial score (nSPS) is 26.6. The summed E-state index contributed by atoms with van der Waals surface area (Å²) in [6, 6.07) is 10.7. The minimum atomic E-state index is -0.226. The Labute approximate surface area is 213 Å². The highest BCUT2D eigenvalue weighted by atomic mass is 16.3. The van der Waals surface area contributed by atoms with Gasteiger partial charge >= 0.3 is 6.03 Å². The van der Waals surface area contributed by atoms with E-state index in [2.05, 4.69) is 64.2 Å². The third-order valence-corrected chi connectivity index (χ3v) is 8.81. The van der Waals surface area contributed by atoms with Crippen molar-refractivity contribution in [1.82, 2.24) is 24.7 Å². The molecule has 2 heterocycles. The summed E-state index contributed by atoms with van der Waals surface area (Å²) in [5, 5.41) is 9.39. The van der Waals surface area contributed by atoms with Crippen LogP contribution < -0.4 is 0 Å². The van der Waals surface area contributed by atoms with Crippen LogP contribution in [0.15, 0.2) is 42.7 Å². The second-order valence-corrected chi connectivity index (χ2v) is 11.1. The van der Waals surface area contributed by atoms with Gasteiger partial charge in [0, 0.05) is 18.6 Å². The molecule has 1 spiro atoms. The number of Topliss-reactive ketones (excluding diaryl/α,β-unsaturated/α-hetero) is 1. The first kappa shape index (κ1) is 24.7. The summed E-state index contributed by atoms with van der Waals surface area (Å²) in [6.07, 6.45) is 10.0. The average molecular weight is 492 g/mol. The Morgan fingerprint density at radius 1 is 1.08 bits per heavy atom. The number of carbonyl (C=O) groups excluding carboxylic acids is 2. The lowest BCUT2D eigenvalue weighted by Gasteiger charge is -2.51. The van der Waals surface area contributed by atoms with Crippen molar-refractivity contribution < 1.29 is 14.7 Å². The first-order valence-electron chi connectivity index (χ1n) is 13.1. The lowest BCUT2D eigenvalue weighted by atomic mass is 9.68. The molecule has 2 saturated carbocycles. The highest BCUT2D eigenvalue weighted by Crippen LogP contribution is 2.49. The lowest BCUT2D eigenvalue weighted by Crippen LogP contribution is -2.56. The number of carbonyl (C=O) groups is 2. The highest BCUT2D eigenvalue weighted by Gasteiger charge is 2.55. The van der Waals surface area contributed by atoms with E-state index >= 15 is 0 Å². The molecular formula is C28H37N5O3. The molecule has 0 radical (unpaired) electrons. The van der Waals surface area contributed by atoms with Crippen molar-refractivity contribution in [3.63, 3.8) is 0 Å².